The number of amides is 2. The number of carbonyl (C=O) groups excluding carboxylic acids is 1. The van der Waals surface area contributed by atoms with Gasteiger partial charge in [0.15, 0.2) is 11.5 Å². The van der Waals surface area contributed by atoms with Gasteiger partial charge in [-0.1, -0.05) is 30.3 Å². The van der Waals surface area contributed by atoms with Crippen LogP contribution in [0, 0.1) is 0 Å². The zero-order chi connectivity index (χ0) is 24.1. The van der Waals surface area contributed by atoms with Gasteiger partial charge in [-0.05, 0) is 60.9 Å². The first-order chi connectivity index (χ1) is 16.5. The Hall–Kier alpha value is -4.00. The van der Waals surface area contributed by atoms with Gasteiger partial charge in [0, 0.05) is 18.2 Å². The molecule has 1 heterocycles. The number of ether oxygens (including phenoxy) is 3. The van der Waals surface area contributed by atoms with Gasteiger partial charge >= 0.3 is 6.03 Å². The molecule has 1 atom stereocenters. The Bertz CT molecular complexity index is 1180. The maximum absolute atomic E-state index is 12.6. The Morgan fingerprint density at radius 1 is 1.03 bits per heavy atom. The highest BCUT2D eigenvalue weighted by Crippen LogP contribution is 2.34. The molecular weight excluding hydrogens is 430 g/mol. The standard InChI is InChI=1S/C27H29N3O4/c1-18-14-21-15-24(32-3)25(33-4)16-23(21)26(29-30(18)27(31)28-2)20-10-12-22(13-11-20)34-17-19-8-6-5-7-9-19/h5-13,15-16,18H,14,17H2,1-4H3,(H,28,31). The maximum Gasteiger partial charge on any atom is 0.337 e. The summed E-state index contributed by atoms with van der Waals surface area (Å²) in [5, 5.41) is 8.98. The molecule has 1 aliphatic heterocycles. The normalized spacial score (nSPS) is 15.0. The van der Waals surface area contributed by atoms with Crippen LogP contribution in [0.1, 0.15) is 29.2 Å². The molecule has 176 valence electrons. The Morgan fingerprint density at radius 2 is 1.71 bits per heavy atom. The van der Waals surface area contributed by atoms with Crippen molar-refractivity contribution in [2.45, 2.75) is 26.0 Å². The molecule has 3 aromatic rings. The monoisotopic (exact) mass is 459 g/mol. The summed E-state index contributed by atoms with van der Waals surface area (Å²) in [6.45, 7) is 2.46. The third kappa shape index (κ3) is 4.83. The Kier molecular flexibility index (Phi) is 7.01. The van der Waals surface area contributed by atoms with Gasteiger partial charge in [0.1, 0.15) is 12.4 Å². The van der Waals surface area contributed by atoms with E-state index in [1.165, 1.54) is 5.01 Å². The van der Waals surface area contributed by atoms with E-state index in [4.69, 9.17) is 19.3 Å². The van der Waals surface area contributed by atoms with Crippen LogP contribution < -0.4 is 19.5 Å². The molecule has 1 aliphatic rings. The summed E-state index contributed by atoms with van der Waals surface area (Å²) in [5.41, 5.74) is 4.57. The average molecular weight is 460 g/mol. The number of rotatable bonds is 6. The fraction of sp³-hybridized carbons (Fsp3) is 0.259. The van der Waals surface area contributed by atoms with E-state index in [-0.39, 0.29) is 12.1 Å². The highest BCUT2D eigenvalue weighted by atomic mass is 16.5. The number of nitrogens with zero attached hydrogens (tertiary/aromatic N) is 2. The quantitative estimate of drug-likeness (QED) is 0.584. The summed E-state index contributed by atoms with van der Waals surface area (Å²) in [6.07, 6.45) is 0.619. The number of hydrogen-bond acceptors (Lipinski definition) is 5. The first kappa shape index (κ1) is 23.2. The molecule has 34 heavy (non-hydrogen) atoms. The molecule has 0 aliphatic carbocycles. The van der Waals surface area contributed by atoms with Crippen LogP contribution in [-0.4, -0.2) is 44.1 Å². The summed E-state index contributed by atoms with van der Waals surface area (Å²) >= 11 is 0. The topological polar surface area (TPSA) is 72.4 Å². The van der Waals surface area contributed by atoms with Crippen molar-refractivity contribution < 1.29 is 19.0 Å². The summed E-state index contributed by atoms with van der Waals surface area (Å²) < 4.78 is 17.0. The fourth-order valence-corrected chi connectivity index (χ4v) is 4.00. The molecule has 1 unspecified atom stereocenters. The number of fused-ring (bicyclic) bond motifs is 1. The molecule has 3 aromatic carbocycles. The number of hydrazone groups is 1. The molecule has 7 nitrogen and oxygen atoms in total. The van der Waals surface area contributed by atoms with E-state index in [0.717, 1.165) is 28.0 Å². The molecule has 0 spiro atoms. The second kappa shape index (κ2) is 10.3. The molecule has 0 bridgehead atoms. The number of urea groups is 1. The highest BCUT2D eigenvalue weighted by molar-refractivity contribution is 6.14. The molecule has 0 saturated heterocycles. The summed E-state index contributed by atoms with van der Waals surface area (Å²) in [5.74, 6) is 2.01. The van der Waals surface area contributed by atoms with E-state index in [2.05, 4.69) is 5.32 Å². The van der Waals surface area contributed by atoms with Crippen molar-refractivity contribution in [3.05, 3.63) is 89.0 Å². The van der Waals surface area contributed by atoms with Gasteiger partial charge in [-0.3, -0.25) is 0 Å². The number of nitrogens with one attached hydrogen (secondary N) is 1. The number of benzene rings is 3. The van der Waals surface area contributed by atoms with Crippen molar-refractivity contribution in [3.63, 3.8) is 0 Å². The third-order valence-electron chi connectivity index (χ3n) is 5.80. The molecule has 7 heteroatoms. The average Bonchev–Trinajstić information content (AvgIpc) is 3.02. The SMILES string of the molecule is CNC(=O)N1N=C(c2ccc(OCc3ccccc3)cc2)c2cc(OC)c(OC)cc2CC1C. The molecule has 0 fully saturated rings. The smallest absolute Gasteiger partial charge is 0.337 e. The van der Waals surface area contributed by atoms with Gasteiger partial charge in [-0.25, -0.2) is 9.80 Å². The van der Waals surface area contributed by atoms with Crippen LogP contribution in [0.4, 0.5) is 4.79 Å². The van der Waals surface area contributed by atoms with Crippen LogP contribution in [-0.2, 0) is 13.0 Å². The van der Waals surface area contributed by atoms with Crippen LogP contribution in [0.25, 0.3) is 0 Å². The van der Waals surface area contributed by atoms with E-state index < -0.39 is 0 Å². The molecule has 0 radical (unpaired) electrons. The highest BCUT2D eigenvalue weighted by Gasteiger charge is 2.28. The molecule has 0 aromatic heterocycles. The largest absolute Gasteiger partial charge is 0.493 e. The maximum atomic E-state index is 12.6. The Labute approximate surface area is 200 Å². The molecule has 2 amide bonds. The summed E-state index contributed by atoms with van der Waals surface area (Å²) in [4.78, 5) is 12.6. The van der Waals surface area contributed by atoms with Crippen LogP contribution >= 0.6 is 0 Å². The number of carbonyl (C=O) groups is 1. The van der Waals surface area contributed by atoms with Gasteiger partial charge in [0.25, 0.3) is 0 Å². The van der Waals surface area contributed by atoms with E-state index in [9.17, 15) is 4.79 Å². The van der Waals surface area contributed by atoms with Gasteiger partial charge in [0.05, 0.1) is 26.0 Å². The van der Waals surface area contributed by atoms with Gasteiger partial charge in [0.2, 0.25) is 0 Å². The minimum absolute atomic E-state index is 0.150. The zero-order valence-corrected chi connectivity index (χ0v) is 19.9. The predicted octanol–water partition coefficient (Wildman–Crippen LogP) is 4.62. The minimum Gasteiger partial charge on any atom is -0.493 e. The molecule has 1 N–H and O–H groups in total. The zero-order valence-electron chi connectivity index (χ0n) is 19.9. The van der Waals surface area contributed by atoms with E-state index in [0.29, 0.717) is 30.2 Å². The Morgan fingerprint density at radius 3 is 2.35 bits per heavy atom. The van der Waals surface area contributed by atoms with Crippen LogP contribution in [0.5, 0.6) is 17.2 Å². The second-order valence-electron chi connectivity index (χ2n) is 8.06. The van der Waals surface area contributed by atoms with Gasteiger partial charge in [-0.2, -0.15) is 5.10 Å². The molecular formula is C27H29N3O4. The van der Waals surface area contributed by atoms with Gasteiger partial charge < -0.3 is 19.5 Å². The van der Waals surface area contributed by atoms with Crippen molar-refractivity contribution in [1.82, 2.24) is 10.3 Å². The molecule has 0 saturated carbocycles. The number of methoxy groups -OCH3 is 2. The van der Waals surface area contributed by atoms with Crippen LogP contribution in [0.3, 0.4) is 0 Å². The van der Waals surface area contributed by atoms with Crippen molar-refractivity contribution in [3.8, 4) is 17.2 Å². The summed E-state index contributed by atoms with van der Waals surface area (Å²) in [7, 11) is 4.83. The first-order valence-corrected chi connectivity index (χ1v) is 11.2. The first-order valence-electron chi connectivity index (χ1n) is 11.2. The minimum atomic E-state index is -0.264. The predicted molar refractivity (Wildman–Crippen MR) is 132 cm³/mol. The van der Waals surface area contributed by atoms with Gasteiger partial charge in [-0.15, -0.1) is 0 Å². The van der Waals surface area contributed by atoms with E-state index >= 15 is 0 Å². The van der Waals surface area contributed by atoms with Crippen LogP contribution in [0.2, 0.25) is 0 Å². The lowest BCUT2D eigenvalue weighted by Gasteiger charge is -2.22. The van der Waals surface area contributed by atoms with Crippen LogP contribution in [0.15, 0.2) is 71.8 Å². The lowest BCUT2D eigenvalue weighted by molar-refractivity contribution is 0.184. The number of hydrogen-bond donors (Lipinski definition) is 1. The van der Waals surface area contributed by atoms with E-state index in [1.54, 1.807) is 21.3 Å². The van der Waals surface area contributed by atoms with Crippen molar-refractivity contribution in [2.24, 2.45) is 5.10 Å². The van der Waals surface area contributed by atoms with Crippen molar-refractivity contribution >= 4 is 11.7 Å². The third-order valence-corrected chi connectivity index (χ3v) is 5.80. The van der Waals surface area contributed by atoms with Crippen molar-refractivity contribution in [2.75, 3.05) is 21.3 Å². The lowest BCUT2D eigenvalue weighted by atomic mass is 9.94. The molecule has 4 rings (SSSR count). The summed E-state index contributed by atoms with van der Waals surface area (Å²) in [6, 6.07) is 21.2. The second-order valence-corrected chi connectivity index (χ2v) is 8.06. The fourth-order valence-electron chi connectivity index (χ4n) is 4.00. The Balaban J connectivity index is 1.72. The van der Waals surface area contributed by atoms with E-state index in [1.807, 2.05) is 73.7 Å². The lowest BCUT2D eigenvalue weighted by Crippen LogP contribution is -2.41. The van der Waals surface area contributed by atoms with Crippen molar-refractivity contribution in [1.29, 1.82) is 0 Å².